The van der Waals surface area contributed by atoms with Crippen molar-refractivity contribution in [3.63, 3.8) is 0 Å². The van der Waals surface area contributed by atoms with Crippen LogP contribution in [0.2, 0.25) is 0 Å². The molecular weight excluding hydrogens is 320 g/mol. The zero-order valence-corrected chi connectivity index (χ0v) is 13.3. The Labute approximate surface area is 143 Å². The third kappa shape index (κ3) is 3.64. The van der Waals surface area contributed by atoms with Gasteiger partial charge in [0.05, 0.1) is 11.0 Å². The average Bonchev–Trinajstić information content (AvgIpc) is 2.65. The SMILES string of the molecule is O=C(NC[C@@H](O)c1ccc([N+](=O)[O-])cc1)c1cccc2ccccc12. The monoisotopic (exact) mass is 336 g/mol. The number of aliphatic hydroxyl groups is 1. The lowest BCUT2D eigenvalue weighted by molar-refractivity contribution is -0.384. The smallest absolute Gasteiger partial charge is 0.269 e. The Kier molecular flexibility index (Phi) is 4.72. The van der Waals surface area contributed by atoms with Crippen molar-refractivity contribution < 1.29 is 14.8 Å². The zero-order valence-electron chi connectivity index (χ0n) is 13.3. The molecule has 3 aromatic carbocycles. The molecule has 6 heteroatoms. The van der Waals surface area contributed by atoms with Crippen LogP contribution in [0.1, 0.15) is 22.0 Å². The van der Waals surface area contributed by atoms with Crippen molar-refractivity contribution in [2.24, 2.45) is 0 Å². The van der Waals surface area contributed by atoms with Gasteiger partial charge in [0.1, 0.15) is 0 Å². The summed E-state index contributed by atoms with van der Waals surface area (Å²) < 4.78 is 0. The molecule has 0 unspecified atom stereocenters. The number of nitrogens with zero attached hydrogens (tertiary/aromatic N) is 1. The normalized spacial score (nSPS) is 11.9. The van der Waals surface area contributed by atoms with Crippen LogP contribution in [0.4, 0.5) is 5.69 Å². The van der Waals surface area contributed by atoms with E-state index in [0.29, 0.717) is 11.1 Å². The van der Waals surface area contributed by atoms with Gasteiger partial charge in [0.15, 0.2) is 0 Å². The number of benzene rings is 3. The molecule has 6 nitrogen and oxygen atoms in total. The molecule has 0 aliphatic rings. The highest BCUT2D eigenvalue weighted by molar-refractivity contribution is 6.07. The quantitative estimate of drug-likeness (QED) is 0.553. The Morgan fingerprint density at radius 2 is 1.72 bits per heavy atom. The molecule has 0 aliphatic carbocycles. The van der Waals surface area contributed by atoms with Crippen LogP contribution >= 0.6 is 0 Å². The summed E-state index contributed by atoms with van der Waals surface area (Å²) in [6, 6.07) is 18.6. The molecule has 0 aromatic heterocycles. The van der Waals surface area contributed by atoms with Crippen LogP contribution in [0.5, 0.6) is 0 Å². The molecular formula is C19H16N2O4. The van der Waals surface area contributed by atoms with Crippen LogP contribution in [-0.4, -0.2) is 22.5 Å². The van der Waals surface area contributed by atoms with Gasteiger partial charge in [0.25, 0.3) is 11.6 Å². The predicted molar refractivity (Wildman–Crippen MR) is 94.3 cm³/mol. The fourth-order valence-electron chi connectivity index (χ4n) is 2.64. The van der Waals surface area contributed by atoms with E-state index in [4.69, 9.17) is 0 Å². The molecule has 0 bridgehead atoms. The van der Waals surface area contributed by atoms with Gasteiger partial charge in [-0.1, -0.05) is 36.4 Å². The summed E-state index contributed by atoms with van der Waals surface area (Å²) in [5.74, 6) is -0.280. The Bertz CT molecular complexity index is 917. The fourth-order valence-corrected chi connectivity index (χ4v) is 2.64. The van der Waals surface area contributed by atoms with Gasteiger partial charge in [0.2, 0.25) is 0 Å². The van der Waals surface area contributed by atoms with E-state index in [1.807, 2.05) is 36.4 Å². The number of non-ortho nitro benzene ring substituents is 1. The molecule has 2 N–H and O–H groups in total. The molecule has 1 atom stereocenters. The van der Waals surface area contributed by atoms with Gasteiger partial charge in [0, 0.05) is 24.2 Å². The van der Waals surface area contributed by atoms with Crippen LogP contribution in [0.3, 0.4) is 0 Å². The number of carbonyl (C=O) groups excluding carboxylic acids is 1. The summed E-state index contributed by atoms with van der Waals surface area (Å²) in [6.45, 7) is 0.0138. The third-order valence-corrected chi connectivity index (χ3v) is 3.98. The Balaban J connectivity index is 1.70. The first-order valence-electron chi connectivity index (χ1n) is 7.74. The van der Waals surface area contributed by atoms with Crippen molar-refractivity contribution in [3.05, 3.63) is 88.0 Å². The topological polar surface area (TPSA) is 92.5 Å². The summed E-state index contributed by atoms with van der Waals surface area (Å²) in [7, 11) is 0. The lowest BCUT2D eigenvalue weighted by atomic mass is 10.0. The van der Waals surface area contributed by atoms with Gasteiger partial charge in [-0.2, -0.15) is 0 Å². The highest BCUT2D eigenvalue weighted by atomic mass is 16.6. The summed E-state index contributed by atoms with van der Waals surface area (Å²) in [5.41, 5.74) is 0.994. The van der Waals surface area contributed by atoms with Crippen molar-refractivity contribution in [3.8, 4) is 0 Å². The van der Waals surface area contributed by atoms with Gasteiger partial charge < -0.3 is 10.4 Å². The third-order valence-electron chi connectivity index (χ3n) is 3.98. The molecule has 1 amide bonds. The summed E-state index contributed by atoms with van der Waals surface area (Å²) in [5, 5.41) is 25.3. The van der Waals surface area contributed by atoms with E-state index < -0.39 is 11.0 Å². The number of nitro groups is 1. The first-order valence-corrected chi connectivity index (χ1v) is 7.74. The van der Waals surface area contributed by atoms with E-state index >= 15 is 0 Å². The second-order valence-corrected chi connectivity index (χ2v) is 5.60. The maximum atomic E-state index is 12.4. The molecule has 0 fully saturated rings. The minimum absolute atomic E-state index is 0.0138. The predicted octanol–water partition coefficient (Wildman–Crippen LogP) is 3.21. The fraction of sp³-hybridized carbons (Fsp3) is 0.105. The minimum Gasteiger partial charge on any atom is -0.387 e. The number of rotatable bonds is 5. The summed E-state index contributed by atoms with van der Waals surface area (Å²) in [4.78, 5) is 22.6. The maximum absolute atomic E-state index is 12.4. The molecule has 3 rings (SSSR count). The van der Waals surface area contributed by atoms with E-state index in [-0.39, 0.29) is 18.1 Å². The standard InChI is InChI=1S/C19H16N2O4/c22-18(14-8-10-15(11-9-14)21(24)25)12-20-19(23)17-7-3-5-13-4-1-2-6-16(13)17/h1-11,18,22H,12H2,(H,20,23)/t18-/m1/s1. The number of hydrogen-bond donors (Lipinski definition) is 2. The zero-order chi connectivity index (χ0) is 17.8. The van der Waals surface area contributed by atoms with Gasteiger partial charge >= 0.3 is 0 Å². The lowest BCUT2D eigenvalue weighted by Gasteiger charge is -2.13. The molecule has 0 saturated heterocycles. The maximum Gasteiger partial charge on any atom is 0.269 e. The minimum atomic E-state index is -0.945. The molecule has 0 saturated carbocycles. The first-order chi connectivity index (χ1) is 12.1. The van der Waals surface area contributed by atoms with Crippen LogP contribution in [-0.2, 0) is 0 Å². The van der Waals surface area contributed by atoms with Gasteiger partial charge in [-0.05, 0) is 34.5 Å². The Hall–Kier alpha value is -3.25. The average molecular weight is 336 g/mol. The summed E-state index contributed by atoms with van der Waals surface area (Å²) >= 11 is 0. The second-order valence-electron chi connectivity index (χ2n) is 5.60. The first kappa shape index (κ1) is 16.6. The van der Waals surface area contributed by atoms with E-state index in [1.54, 1.807) is 6.07 Å². The number of nitrogens with one attached hydrogen (secondary N) is 1. The Morgan fingerprint density at radius 1 is 1.04 bits per heavy atom. The van der Waals surface area contributed by atoms with E-state index in [2.05, 4.69) is 5.32 Å². The number of aliphatic hydroxyl groups excluding tert-OH is 1. The number of hydrogen-bond acceptors (Lipinski definition) is 4. The van der Waals surface area contributed by atoms with Crippen molar-refractivity contribution in [1.29, 1.82) is 0 Å². The van der Waals surface area contributed by atoms with Gasteiger partial charge in [-0.3, -0.25) is 14.9 Å². The van der Waals surface area contributed by atoms with Crippen molar-refractivity contribution in [1.82, 2.24) is 5.32 Å². The number of nitro benzene ring substituents is 1. The highest BCUT2D eigenvalue weighted by Crippen LogP contribution is 2.20. The Morgan fingerprint density at radius 3 is 2.44 bits per heavy atom. The van der Waals surface area contributed by atoms with Crippen molar-refractivity contribution >= 4 is 22.4 Å². The largest absolute Gasteiger partial charge is 0.387 e. The van der Waals surface area contributed by atoms with Gasteiger partial charge in [-0.15, -0.1) is 0 Å². The van der Waals surface area contributed by atoms with Crippen LogP contribution in [0, 0.1) is 10.1 Å². The molecule has 0 heterocycles. The molecule has 126 valence electrons. The van der Waals surface area contributed by atoms with Gasteiger partial charge in [-0.25, -0.2) is 0 Å². The van der Waals surface area contributed by atoms with Crippen LogP contribution in [0.25, 0.3) is 10.8 Å². The highest BCUT2D eigenvalue weighted by Gasteiger charge is 2.14. The van der Waals surface area contributed by atoms with Crippen molar-refractivity contribution in [2.45, 2.75) is 6.10 Å². The molecule has 0 spiro atoms. The number of carbonyl (C=O) groups is 1. The van der Waals surface area contributed by atoms with E-state index in [0.717, 1.165) is 10.8 Å². The number of fused-ring (bicyclic) bond motifs is 1. The van der Waals surface area contributed by atoms with Crippen molar-refractivity contribution in [2.75, 3.05) is 6.54 Å². The summed E-state index contributed by atoms with van der Waals surface area (Å²) in [6.07, 6.45) is -0.945. The molecule has 0 radical (unpaired) electrons. The lowest BCUT2D eigenvalue weighted by Crippen LogP contribution is -2.28. The number of amides is 1. The van der Waals surface area contributed by atoms with E-state index in [9.17, 15) is 20.0 Å². The van der Waals surface area contributed by atoms with Crippen LogP contribution < -0.4 is 5.32 Å². The molecule has 0 aliphatic heterocycles. The van der Waals surface area contributed by atoms with Crippen LogP contribution in [0.15, 0.2) is 66.7 Å². The van der Waals surface area contributed by atoms with E-state index in [1.165, 1.54) is 24.3 Å². The molecule has 25 heavy (non-hydrogen) atoms. The second kappa shape index (κ2) is 7.11. The molecule has 3 aromatic rings.